The van der Waals surface area contributed by atoms with Crippen LogP contribution in [0, 0.1) is 6.92 Å². The Morgan fingerprint density at radius 3 is 2.37 bits per heavy atom. The van der Waals surface area contributed by atoms with Crippen LogP contribution in [0.4, 0.5) is 11.6 Å². The van der Waals surface area contributed by atoms with Gasteiger partial charge in [0.05, 0.1) is 11.3 Å². The Morgan fingerprint density at radius 1 is 1.15 bits per heavy atom. The number of aryl methyl sites for hydroxylation is 1. The lowest BCUT2D eigenvalue weighted by atomic mass is 10.0. The van der Waals surface area contributed by atoms with Gasteiger partial charge >= 0.3 is 0 Å². The van der Waals surface area contributed by atoms with Crippen LogP contribution in [0.1, 0.15) is 48.3 Å². The quantitative estimate of drug-likeness (QED) is 0.879. The molecular weight excluding hydrogens is 338 g/mol. The number of rotatable bonds is 5. The summed E-state index contributed by atoms with van der Waals surface area (Å²) in [6.45, 7) is 13.3. The topological polar surface area (TPSA) is 61.4 Å². The van der Waals surface area contributed by atoms with Gasteiger partial charge in [-0.25, -0.2) is 9.97 Å². The predicted molar refractivity (Wildman–Crippen MR) is 110 cm³/mol. The minimum Gasteiger partial charge on any atom is -0.338 e. The Hall–Kier alpha value is -2.47. The molecule has 2 heterocycles. The number of amides is 1. The van der Waals surface area contributed by atoms with E-state index in [1.54, 1.807) is 6.20 Å². The first-order valence-electron chi connectivity index (χ1n) is 9.70. The molecule has 144 valence electrons. The smallest absolute Gasteiger partial charge is 0.259 e. The van der Waals surface area contributed by atoms with Crippen molar-refractivity contribution in [2.24, 2.45) is 0 Å². The molecule has 3 rings (SSSR count). The normalized spacial score (nSPS) is 15.2. The van der Waals surface area contributed by atoms with Crippen molar-refractivity contribution in [2.75, 3.05) is 42.9 Å². The van der Waals surface area contributed by atoms with E-state index in [1.807, 2.05) is 31.2 Å². The Balaban J connectivity index is 1.67. The summed E-state index contributed by atoms with van der Waals surface area (Å²) < 4.78 is 0. The summed E-state index contributed by atoms with van der Waals surface area (Å²) in [7, 11) is 0. The van der Waals surface area contributed by atoms with E-state index in [4.69, 9.17) is 0 Å². The van der Waals surface area contributed by atoms with Gasteiger partial charge in [0, 0.05) is 38.1 Å². The number of benzene rings is 1. The second kappa shape index (κ2) is 8.48. The molecule has 0 radical (unpaired) electrons. The Labute approximate surface area is 161 Å². The Kier molecular flexibility index (Phi) is 6.06. The molecule has 1 amide bonds. The molecule has 0 atom stereocenters. The summed E-state index contributed by atoms with van der Waals surface area (Å²) in [5, 5.41) is 2.94. The molecule has 27 heavy (non-hydrogen) atoms. The molecule has 1 fully saturated rings. The highest BCUT2D eigenvalue weighted by Crippen LogP contribution is 2.19. The number of hydrogen-bond donors (Lipinski definition) is 1. The van der Waals surface area contributed by atoms with Gasteiger partial charge in [-0.15, -0.1) is 0 Å². The molecule has 1 aliphatic rings. The van der Waals surface area contributed by atoms with Crippen LogP contribution in [-0.2, 0) is 0 Å². The van der Waals surface area contributed by atoms with Crippen molar-refractivity contribution >= 4 is 17.5 Å². The first kappa shape index (κ1) is 19.3. The van der Waals surface area contributed by atoms with Crippen molar-refractivity contribution in [1.29, 1.82) is 0 Å². The Bertz CT molecular complexity index is 780. The molecular formula is C21H29N5O. The second-order valence-corrected chi connectivity index (χ2v) is 7.32. The van der Waals surface area contributed by atoms with Gasteiger partial charge in [-0.2, -0.15) is 0 Å². The number of nitrogens with one attached hydrogen (secondary N) is 1. The van der Waals surface area contributed by atoms with E-state index in [-0.39, 0.29) is 5.91 Å². The van der Waals surface area contributed by atoms with Gasteiger partial charge in [0.1, 0.15) is 0 Å². The van der Waals surface area contributed by atoms with E-state index in [2.05, 4.69) is 45.9 Å². The molecule has 1 aromatic heterocycles. The molecule has 1 N–H and O–H groups in total. The standard InChI is InChI=1S/C21H29N5O/c1-5-25-10-12-26(13-11-25)21-22-14-19(16(4)23-21)20(27)24-18-8-6-17(7-9-18)15(2)3/h6-9,14-15H,5,10-13H2,1-4H3,(H,24,27). The van der Waals surface area contributed by atoms with Gasteiger partial charge < -0.3 is 15.1 Å². The maximum atomic E-state index is 12.6. The lowest BCUT2D eigenvalue weighted by Crippen LogP contribution is -2.46. The summed E-state index contributed by atoms with van der Waals surface area (Å²) >= 11 is 0. The summed E-state index contributed by atoms with van der Waals surface area (Å²) in [6.07, 6.45) is 1.64. The molecule has 0 bridgehead atoms. The fraction of sp³-hybridized carbons (Fsp3) is 0.476. The number of likely N-dealkylation sites (N-methyl/N-ethyl adjacent to an activating group) is 1. The number of piperazine rings is 1. The summed E-state index contributed by atoms with van der Waals surface area (Å²) in [5.41, 5.74) is 3.25. The molecule has 1 saturated heterocycles. The van der Waals surface area contributed by atoms with E-state index >= 15 is 0 Å². The fourth-order valence-corrected chi connectivity index (χ4v) is 3.24. The maximum absolute atomic E-state index is 12.6. The highest BCUT2D eigenvalue weighted by Gasteiger charge is 2.19. The van der Waals surface area contributed by atoms with Crippen molar-refractivity contribution in [1.82, 2.24) is 14.9 Å². The zero-order chi connectivity index (χ0) is 19.4. The molecule has 2 aromatic rings. The zero-order valence-electron chi connectivity index (χ0n) is 16.7. The number of aromatic nitrogens is 2. The van der Waals surface area contributed by atoms with E-state index in [0.29, 0.717) is 23.1 Å². The third-order valence-electron chi connectivity index (χ3n) is 5.15. The van der Waals surface area contributed by atoms with Crippen LogP contribution in [-0.4, -0.2) is 53.5 Å². The van der Waals surface area contributed by atoms with E-state index < -0.39 is 0 Å². The fourth-order valence-electron chi connectivity index (χ4n) is 3.24. The first-order valence-corrected chi connectivity index (χ1v) is 9.70. The second-order valence-electron chi connectivity index (χ2n) is 7.32. The third kappa shape index (κ3) is 4.63. The van der Waals surface area contributed by atoms with Crippen LogP contribution >= 0.6 is 0 Å². The van der Waals surface area contributed by atoms with Crippen LogP contribution in [0.15, 0.2) is 30.5 Å². The van der Waals surface area contributed by atoms with Gasteiger partial charge in [0.15, 0.2) is 0 Å². The van der Waals surface area contributed by atoms with Crippen molar-refractivity contribution < 1.29 is 4.79 Å². The largest absolute Gasteiger partial charge is 0.338 e. The van der Waals surface area contributed by atoms with Gasteiger partial charge in [0.2, 0.25) is 5.95 Å². The van der Waals surface area contributed by atoms with Crippen molar-refractivity contribution in [3.05, 3.63) is 47.3 Å². The number of carbonyl (C=O) groups excluding carboxylic acids is 1. The highest BCUT2D eigenvalue weighted by molar-refractivity contribution is 6.04. The van der Waals surface area contributed by atoms with Crippen LogP contribution in [0.25, 0.3) is 0 Å². The first-order chi connectivity index (χ1) is 13.0. The van der Waals surface area contributed by atoms with E-state index in [0.717, 1.165) is 38.4 Å². The molecule has 1 aromatic carbocycles. The summed E-state index contributed by atoms with van der Waals surface area (Å²) in [4.78, 5) is 26.2. The molecule has 6 nitrogen and oxygen atoms in total. The number of hydrogen-bond acceptors (Lipinski definition) is 5. The van der Waals surface area contributed by atoms with Gasteiger partial charge in [-0.1, -0.05) is 32.9 Å². The minimum absolute atomic E-state index is 0.174. The number of nitrogens with zero attached hydrogens (tertiary/aromatic N) is 4. The molecule has 1 aliphatic heterocycles. The van der Waals surface area contributed by atoms with Crippen molar-refractivity contribution in [3.8, 4) is 0 Å². The minimum atomic E-state index is -0.174. The van der Waals surface area contributed by atoms with Gasteiger partial charge in [-0.05, 0) is 37.1 Å². The lowest BCUT2D eigenvalue weighted by molar-refractivity contribution is 0.102. The summed E-state index contributed by atoms with van der Waals surface area (Å²) in [5.74, 6) is 1.00. The maximum Gasteiger partial charge on any atom is 0.259 e. The van der Waals surface area contributed by atoms with Crippen LogP contribution < -0.4 is 10.2 Å². The van der Waals surface area contributed by atoms with Crippen LogP contribution in [0.3, 0.4) is 0 Å². The van der Waals surface area contributed by atoms with E-state index in [9.17, 15) is 4.79 Å². The van der Waals surface area contributed by atoms with Crippen molar-refractivity contribution in [2.45, 2.75) is 33.6 Å². The zero-order valence-corrected chi connectivity index (χ0v) is 16.7. The summed E-state index contributed by atoms with van der Waals surface area (Å²) in [6, 6.07) is 7.96. The highest BCUT2D eigenvalue weighted by atomic mass is 16.1. The predicted octanol–water partition coefficient (Wildman–Crippen LogP) is 3.30. The Morgan fingerprint density at radius 2 is 1.81 bits per heavy atom. The average molecular weight is 367 g/mol. The van der Waals surface area contributed by atoms with E-state index in [1.165, 1.54) is 5.56 Å². The number of carbonyl (C=O) groups is 1. The van der Waals surface area contributed by atoms with Gasteiger partial charge in [-0.3, -0.25) is 4.79 Å². The molecule has 0 spiro atoms. The van der Waals surface area contributed by atoms with Crippen molar-refractivity contribution in [3.63, 3.8) is 0 Å². The van der Waals surface area contributed by atoms with Crippen LogP contribution in [0.2, 0.25) is 0 Å². The molecule has 6 heteroatoms. The number of anilines is 2. The SMILES string of the molecule is CCN1CCN(c2ncc(C(=O)Nc3ccc(C(C)C)cc3)c(C)n2)CC1. The monoisotopic (exact) mass is 367 g/mol. The molecule has 0 unspecified atom stereocenters. The average Bonchev–Trinajstić information content (AvgIpc) is 2.68. The molecule has 0 saturated carbocycles. The van der Waals surface area contributed by atoms with Crippen LogP contribution in [0.5, 0.6) is 0 Å². The lowest BCUT2D eigenvalue weighted by Gasteiger charge is -2.34. The third-order valence-corrected chi connectivity index (χ3v) is 5.15. The van der Waals surface area contributed by atoms with Gasteiger partial charge in [0.25, 0.3) is 5.91 Å². The molecule has 0 aliphatic carbocycles.